The van der Waals surface area contributed by atoms with E-state index in [0.29, 0.717) is 6.42 Å². The molecule has 3 N–H and O–H groups in total. The van der Waals surface area contributed by atoms with Crippen LogP contribution >= 0.6 is 0 Å². The lowest BCUT2D eigenvalue weighted by molar-refractivity contribution is -0.120. The standard InChI is InChI=1S/C21H24N2O2/c1-3-15-8-6-10-18-16(12-23-21(15)18)11-20(25)22-13-19(24)17-9-5-4-7-14(17)2/h4-10,12,19,23-24H,3,11,13H2,1-2H3,(H,22,25). The van der Waals surface area contributed by atoms with E-state index in [0.717, 1.165) is 34.0 Å². The summed E-state index contributed by atoms with van der Waals surface area (Å²) in [4.78, 5) is 15.6. The molecule has 0 aliphatic carbocycles. The Labute approximate surface area is 147 Å². The maximum Gasteiger partial charge on any atom is 0.224 e. The van der Waals surface area contributed by atoms with Gasteiger partial charge >= 0.3 is 0 Å². The Morgan fingerprint density at radius 1 is 1.16 bits per heavy atom. The molecule has 0 aliphatic rings. The van der Waals surface area contributed by atoms with Crippen LogP contribution in [0.1, 0.15) is 35.3 Å². The Morgan fingerprint density at radius 3 is 2.72 bits per heavy atom. The van der Waals surface area contributed by atoms with Gasteiger partial charge in [0.2, 0.25) is 5.91 Å². The Bertz CT molecular complexity index is 882. The molecule has 0 radical (unpaired) electrons. The molecule has 4 nitrogen and oxygen atoms in total. The highest BCUT2D eigenvalue weighted by Gasteiger charge is 2.13. The van der Waals surface area contributed by atoms with Crippen molar-refractivity contribution >= 4 is 16.8 Å². The highest BCUT2D eigenvalue weighted by molar-refractivity contribution is 5.90. The summed E-state index contributed by atoms with van der Waals surface area (Å²) < 4.78 is 0. The van der Waals surface area contributed by atoms with Crippen molar-refractivity contribution in [2.75, 3.05) is 6.54 Å². The summed E-state index contributed by atoms with van der Waals surface area (Å²) in [6.07, 6.45) is 2.46. The number of carbonyl (C=O) groups excluding carboxylic acids is 1. The van der Waals surface area contributed by atoms with Crippen molar-refractivity contribution in [2.24, 2.45) is 0 Å². The molecule has 0 fully saturated rings. The molecule has 0 saturated heterocycles. The lowest BCUT2D eigenvalue weighted by Gasteiger charge is -2.14. The molecule has 3 rings (SSSR count). The molecule has 0 aliphatic heterocycles. The van der Waals surface area contributed by atoms with E-state index in [1.54, 1.807) is 0 Å². The third-order valence-corrected chi connectivity index (χ3v) is 4.66. The minimum Gasteiger partial charge on any atom is -0.387 e. The van der Waals surface area contributed by atoms with E-state index in [1.165, 1.54) is 5.56 Å². The first-order chi connectivity index (χ1) is 12.1. The van der Waals surface area contributed by atoms with E-state index in [4.69, 9.17) is 0 Å². The molecular formula is C21H24N2O2. The summed E-state index contributed by atoms with van der Waals surface area (Å²) >= 11 is 0. The lowest BCUT2D eigenvalue weighted by Crippen LogP contribution is -2.29. The lowest BCUT2D eigenvalue weighted by atomic mass is 10.0. The molecule has 0 saturated carbocycles. The quantitative estimate of drug-likeness (QED) is 0.646. The number of aliphatic hydroxyl groups is 1. The summed E-state index contributed by atoms with van der Waals surface area (Å²) in [5.41, 5.74) is 5.20. The van der Waals surface area contributed by atoms with Gasteiger partial charge in [0.05, 0.1) is 12.5 Å². The third kappa shape index (κ3) is 3.74. The number of H-pyrrole nitrogens is 1. The van der Waals surface area contributed by atoms with Crippen molar-refractivity contribution in [3.05, 3.63) is 70.9 Å². The number of aryl methyl sites for hydroxylation is 2. The van der Waals surface area contributed by atoms with Crippen molar-refractivity contribution in [1.82, 2.24) is 10.3 Å². The van der Waals surface area contributed by atoms with Gasteiger partial charge in [-0.25, -0.2) is 0 Å². The van der Waals surface area contributed by atoms with Gasteiger partial charge in [-0.3, -0.25) is 4.79 Å². The number of fused-ring (bicyclic) bond motifs is 1. The van der Waals surface area contributed by atoms with Gasteiger partial charge in [0, 0.05) is 23.6 Å². The van der Waals surface area contributed by atoms with Crippen LogP contribution in [0, 0.1) is 6.92 Å². The predicted molar refractivity (Wildman–Crippen MR) is 101 cm³/mol. The van der Waals surface area contributed by atoms with Gasteiger partial charge in [-0.2, -0.15) is 0 Å². The maximum absolute atomic E-state index is 12.3. The number of benzene rings is 2. The van der Waals surface area contributed by atoms with Gasteiger partial charge in [0.1, 0.15) is 0 Å². The fraction of sp³-hybridized carbons (Fsp3) is 0.286. The number of para-hydroxylation sites is 1. The molecule has 25 heavy (non-hydrogen) atoms. The van der Waals surface area contributed by atoms with E-state index >= 15 is 0 Å². The smallest absolute Gasteiger partial charge is 0.224 e. The van der Waals surface area contributed by atoms with Gasteiger partial charge < -0.3 is 15.4 Å². The third-order valence-electron chi connectivity index (χ3n) is 4.66. The van der Waals surface area contributed by atoms with Crippen LogP contribution in [0.15, 0.2) is 48.7 Å². The highest BCUT2D eigenvalue weighted by Crippen LogP contribution is 2.22. The molecule has 3 aromatic rings. The summed E-state index contributed by atoms with van der Waals surface area (Å²) in [7, 11) is 0. The van der Waals surface area contributed by atoms with Crippen LogP contribution in [0.5, 0.6) is 0 Å². The van der Waals surface area contributed by atoms with Gasteiger partial charge in [-0.15, -0.1) is 0 Å². The molecule has 130 valence electrons. The van der Waals surface area contributed by atoms with E-state index in [2.05, 4.69) is 23.3 Å². The van der Waals surface area contributed by atoms with Crippen molar-refractivity contribution in [3.63, 3.8) is 0 Å². The largest absolute Gasteiger partial charge is 0.387 e. The average Bonchev–Trinajstić information content (AvgIpc) is 3.03. The van der Waals surface area contributed by atoms with E-state index in [-0.39, 0.29) is 12.5 Å². The minimum absolute atomic E-state index is 0.0876. The highest BCUT2D eigenvalue weighted by atomic mass is 16.3. The number of carbonyl (C=O) groups is 1. The Balaban J connectivity index is 1.64. The maximum atomic E-state index is 12.3. The van der Waals surface area contributed by atoms with E-state index in [1.807, 2.05) is 49.5 Å². The number of aromatic nitrogens is 1. The monoisotopic (exact) mass is 336 g/mol. The Hall–Kier alpha value is -2.59. The van der Waals surface area contributed by atoms with E-state index in [9.17, 15) is 9.90 Å². The summed E-state index contributed by atoms with van der Waals surface area (Å²) in [5, 5.41) is 14.2. The average molecular weight is 336 g/mol. The van der Waals surface area contributed by atoms with Crippen molar-refractivity contribution in [3.8, 4) is 0 Å². The molecule has 2 aromatic carbocycles. The first kappa shape index (κ1) is 17.2. The van der Waals surface area contributed by atoms with Gasteiger partial charge in [-0.1, -0.05) is 49.4 Å². The molecule has 1 amide bonds. The topological polar surface area (TPSA) is 65.1 Å². The van der Waals surface area contributed by atoms with Crippen molar-refractivity contribution in [2.45, 2.75) is 32.8 Å². The van der Waals surface area contributed by atoms with Crippen molar-refractivity contribution < 1.29 is 9.90 Å². The zero-order valence-electron chi connectivity index (χ0n) is 14.7. The molecule has 1 atom stereocenters. The van der Waals surface area contributed by atoms with Gasteiger partial charge in [0.15, 0.2) is 0 Å². The van der Waals surface area contributed by atoms with Crippen LogP contribution in [0.2, 0.25) is 0 Å². The molecule has 4 heteroatoms. The van der Waals surface area contributed by atoms with Gasteiger partial charge in [-0.05, 0) is 35.6 Å². The summed E-state index contributed by atoms with van der Waals surface area (Å²) in [6.45, 7) is 4.29. The summed E-state index contributed by atoms with van der Waals surface area (Å²) in [5.74, 6) is -0.0876. The normalized spacial score (nSPS) is 12.3. The summed E-state index contributed by atoms with van der Waals surface area (Å²) in [6, 6.07) is 13.8. The zero-order valence-corrected chi connectivity index (χ0v) is 14.7. The van der Waals surface area contributed by atoms with Crippen LogP contribution < -0.4 is 5.32 Å². The SMILES string of the molecule is CCc1cccc2c(CC(=O)NCC(O)c3ccccc3C)c[nH]c12. The molecule has 1 unspecified atom stereocenters. The number of rotatable bonds is 6. The van der Waals surface area contributed by atoms with Crippen molar-refractivity contribution in [1.29, 1.82) is 0 Å². The second-order valence-corrected chi connectivity index (χ2v) is 6.36. The molecule has 0 spiro atoms. The molecular weight excluding hydrogens is 312 g/mol. The predicted octanol–water partition coefficient (Wildman–Crippen LogP) is 3.43. The fourth-order valence-corrected chi connectivity index (χ4v) is 3.23. The first-order valence-electron chi connectivity index (χ1n) is 8.68. The van der Waals surface area contributed by atoms with Crippen LogP contribution in [0.4, 0.5) is 0 Å². The van der Waals surface area contributed by atoms with Gasteiger partial charge in [0.25, 0.3) is 0 Å². The van der Waals surface area contributed by atoms with Crippen LogP contribution in [0.25, 0.3) is 10.9 Å². The number of amides is 1. The number of aliphatic hydroxyl groups excluding tert-OH is 1. The fourth-order valence-electron chi connectivity index (χ4n) is 3.23. The zero-order chi connectivity index (χ0) is 17.8. The second-order valence-electron chi connectivity index (χ2n) is 6.36. The number of aromatic amines is 1. The molecule has 1 aromatic heterocycles. The van der Waals surface area contributed by atoms with Crippen LogP contribution in [-0.4, -0.2) is 22.5 Å². The van der Waals surface area contributed by atoms with Crippen LogP contribution in [-0.2, 0) is 17.6 Å². The number of hydrogen-bond donors (Lipinski definition) is 3. The van der Waals surface area contributed by atoms with Crippen LogP contribution in [0.3, 0.4) is 0 Å². The molecule has 1 heterocycles. The second kappa shape index (κ2) is 7.53. The van der Waals surface area contributed by atoms with E-state index < -0.39 is 6.10 Å². The first-order valence-corrected chi connectivity index (χ1v) is 8.68. The Morgan fingerprint density at radius 2 is 1.96 bits per heavy atom. The Kier molecular flexibility index (Phi) is 5.19. The molecule has 0 bridgehead atoms. The minimum atomic E-state index is -0.695. The number of nitrogens with one attached hydrogen (secondary N) is 2. The number of hydrogen-bond acceptors (Lipinski definition) is 2.